The molecule has 0 aliphatic heterocycles. The molecule has 2 nitrogen and oxygen atoms in total. The molecule has 0 unspecified atom stereocenters. The van der Waals surface area contributed by atoms with Crippen LogP contribution in [0.2, 0.25) is 0 Å². The SMILES string of the molecule is c1ccc(N(c2ccc3ccc4c5ccccc5ccc4c3c2)c2cccc3c4ccccc4n(-c4ccc5c(c4)sc4ccccc45)c23)cc1. The van der Waals surface area contributed by atoms with Crippen molar-refractivity contribution in [2.45, 2.75) is 0 Å². The number of rotatable bonds is 4. The van der Waals surface area contributed by atoms with Crippen LogP contribution in [0.15, 0.2) is 182 Å². The van der Waals surface area contributed by atoms with Crippen molar-refractivity contribution in [3.8, 4) is 5.69 Å². The summed E-state index contributed by atoms with van der Waals surface area (Å²) < 4.78 is 5.09. The quantitative estimate of drug-likeness (QED) is 0.170. The van der Waals surface area contributed by atoms with Gasteiger partial charge >= 0.3 is 0 Å². The first-order valence-corrected chi connectivity index (χ1v) is 18.3. The molecule has 0 radical (unpaired) electrons. The molecule has 0 spiro atoms. The van der Waals surface area contributed by atoms with Crippen LogP contribution in [0, 0.1) is 0 Å². The summed E-state index contributed by atoms with van der Waals surface area (Å²) in [5.74, 6) is 0. The Morgan fingerprint density at radius 3 is 1.90 bits per heavy atom. The summed E-state index contributed by atoms with van der Waals surface area (Å²) in [6.45, 7) is 0. The molecule has 3 heteroatoms. The normalized spacial score (nSPS) is 11.9. The van der Waals surface area contributed by atoms with Gasteiger partial charge < -0.3 is 9.47 Å². The Kier molecular flexibility index (Phi) is 6.16. The molecule has 0 atom stereocenters. The van der Waals surface area contributed by atoms with Gasteiger partial charge in [-0.2, -0.15) is 0 Å². The Balaban J connectivity index is 1.21. The molecule has 0 aliphatic rings. The van der Waals surface area contributed by atoms with Crippen molar-refractivity contribution < 1.29 is 0 Å². The number of hydrogen-bond acceptors (Lipinski definition) is 2. The van der Waals surface area contributed by atoms with Crippen LogP contribution in [-0.2, 0) is 0 Å². The van der Waals surface area contributed by atoms with Crippen LogP contribution < -0.4 is 4.90 Å². The van der Waals surface area contributed by atoms with Crippen LogP contribution >= 0.6 is 11.3 Å². The molecule has 0 amide bonds. The molecular formula is C48H30N2S. The number of hydrogen-bond donors (Lipinski definition) is 0. The highest BCUT2D eigenvalue weighted by Crippen LogP contribution is 2.45. The van der Waals surface area contributed by atoms with E-state index in [0.29, 0.717) is 0 Å². The van der Waals surface area contributed by atoms with E-state index in [9.17, 15) is 0 Å². The molecule has 11 aromatic rings. The molecule has 0 fully saturated rings. The lowest BCUT2D eigenvalue weighted by atomic mass is 9.96. The van der Waals surface area contributed by atoms with E-state index in [1.807, 2.05) is 11.3 Å². The van der Waals surface area contributed by atoms with E-state index in [-0.39, 0.29) is 0 Å². The minimum absolute atomic E-state index is 1.12. The molecule has 11 rings (SSSR count). The predicted molar refractivity (Wildman–Crippen MR) is 221 cm³/mol. The molecule has 51 heavy (non-hydrogen) atoms. The zero-order chi connectivity index (χ0) is 33.5. The third-order valence-corrected chi connectivity index (χ3v) is 11.7. The second-order valence-electron chi connectivity index (χ2n) is 13.3. The van der Waals surface area contributed by atoms with E-state index in [2.05, 4.69) is 191 Å². The molecule has 238 valence electrons. The van der Waals surface area contributed by atoms with Crippen LogP contribution in [0.1, 0.15) is 0 Å². The summed E-state index contributed by atoms with van der Waals surface area (Å²) in [7, 11) is 0. The first kappa shape index (κ1) is 28.4. The maximum Gasteiger partial charge on any atom is 0.0782 e. The monoisotopic (exact) mass is 666 g/mol. The smallest absolute Gasteiger partial charge is 0.0782 e. The predicted octanol–water partition coefficient (Wildman–Crippen LogP) is 14.1. The minimum atomic E-state index is 1.12. The van der Waals surface area contributed by atoms with Crippen molar-refractivity contribution in [2.75, 3.05) is 4.90 Å². The van der Waals surface area contributed by atoms with E-state index < -0.39 is 0 Å². The Labute approximate surface area is 298 Å². The highest BCUT2D eigenvalue weighted by Gasteiger charge is 2.22. The zero-order valence-corrected chi connectivity index (χ0v) is 28.4. The van der Waals surface area contributed by atoms with Gasteiger partial charge in [-0.25, -0.2) is 0 Å². The van der Waals surface area contributed by atoms with E-state index in [4.69, 9.17) is 0 Å². The molecular weight excluding hydrogens is 637 g/mol. The molecule has 0 N–H and O–H groups in total. The first-order valence-electron chi connectivity index (χ1n) is 17.4. The molecule has 9 aromatic carbocycles. The topological polar surface area (TPSA) is 8.17 Å². The van der Waals surface area contributed by atoms with E-state index in [0.717, 1.165) is 22.7 Å². The average Bonchev–Trinajstić information content (AvgIpc) is 3.74. The van der Waals surface area contributed by atoms with Gasteiger partial charge in [0.05, 0.1) is 16.7 Å². The number of nitrogens with zero attached hydrogens (tertiary/aromatic N) is 2. The maximum atomic E-state index is 2.47. The van der Waals surface area contributed by atoms with Crippen molar-refractivity contribution in [1.82, 2.24) is 4.57 Å². The fourth-order valence-corrected chi connectivity index (χ4v) is 9.39. The number of thiophene rings is 1. The summed E-state index contributed by atoms with van der Waals surface area (Å²) in [6.07, 6.45) is 0. The lowest BCUT2D eigenvalue weighted by molar-refractivity contribution is 1.17. The molecule has 2 aromatic heterocycles. The van der Waals surface area contributed by atoms with Crippen molar-refractivity contribution in [2.24, 2.45) is 0 Å². The van der Waals surface area contributed by atoms with Crippen LogP contribution in [-0.4, -0.2) is 4.57 Å². The molecule has 2 heterocycles. The average molecular weight is 667 g/mol. The van der Waals surface area contributed by atoms with Gasteiger partial charge in [0.2, 0.25) is 0 Å². The van der Waals surface area contributed by atoms with Crippen molar-refractivity contribution in [3.05, 3.63) is 182 Å². The third kappa shape index (κ3) is 4.29. The number of aromatic nitrogens is 1. The Bertz CT molecular complexity index is 3150. The summed E-state index contributed by atoms with van der Waals surface area (Å²) >= 11 is 1.87. The Morgan fingerprint density at radius 2 is 1.02 bits per heavy atom. The first-order chi connectivity index (χ1) is 25.3. The molecule has 0 aliphatic carbocycles. The minimum Gasteiger partial charge on any atom is -0.308 e. The lowest BCUT2D eigenvalue weighted by Crippen LogP contribution is -2.11. The van der Waals surface area contributed by atoms with Crippen LogP contribution in [0.25, 0.3) is 80.0 Å². The van der Waals surface area contributed by atoms with Crippen molar-refractivity contribution in [3.63, 3.8) is 0 Å². The summed E-state index contributed by atoms with van der Waals surface area (Å²) in [5, 5.41) is 12.7. The molecule has 0 bridgehead atoms. The fourth-order valence-electron chi connectivity index (χ4n) is 8.25. The molecule has 0 saturated heterocycles. The summed E-state index contributed by atoms with van der Waals surface area (Å²) in [4.78, 5) is 2.44. The third-order valence-electron chi connectivity index (χ3n) is 10.5. The van der Waals surface area contributed by atoms with Crippen LogP contribution in [0.5, 0.6) is 0 Å². The number of para-hydroxylation sites is 3. The second-order valence-corrected chi connectivity index (χ2v) is 14.4. The van der Waals surface area contributed by atoms with E-state index >= 15 is 0 Å². The summed E-state index contributed by atoms with van der Waals surface area (Å²) in [6, 6.07) is 66.8. The van der Waals surface area contributed by atoms with Gasteiger partial charge in [-0.05, 0) is 86.9 Å². The number of anilines is 3. The van der Waals surface area contributed by atoms with Crippen LogP contribution in [0.3, 0.4) is 0 Å². The highest BCUT2D eigenvalue weighted by molar-refractivity contribution is 7.25. The van der Waals surface area contributed by atoms with Crippen molar-refractivity contribution >= 4 is 103 Å². The van der Waals surface area contributed by atoms with Gasteiger partial charge in [-0.15, -0.1) is 11.3 Å². The lowest BCUT2D eigenvalue weighted by Gasteiger charge is -2.27. The van der Waals surface area contributed by atoms with Crippen molar-refractivity contribution in [1.29, 1.82) is 0 Å². The second kappa shape index (κ2) is 11.0. The van der Waals surface area contributed by atoms with Gasteiger partial charge in [0, 0.05) is 48.0 Å². The number of fused-ring (bicyclic) bond motifs is 11. The Hall–Kier alpha value is -6.42. The maximum absolute atomic E-state index is 2.47. The van der Waals surface area contributed by atoms with Gasteiger partial charge in [0.15, 0.2) is 0 Å². The Morgan fingerprint density at radius 1 is 0.373 bits per heavy atom. The van der Waals surface area contributed by atoms with Gasteiger partial charge in [0.25, 0.3) is 0 Å². The van der Waals surface area contributed by atoms with E-state index in [1.165, 1.54) is 74.3 Å². The fraction of sp³-hybridized carbons (Fsp3) is 0. The van der Waals surface area contributed by atoms with Gasteiger partial charge in [-0.1, -0.05) is 127 Å². The largest absolute Gasteiger partial charge is 0.308 e. The molecule has 0 saturated carbocycles. The number of benzene rings is 9. The zero-order valence-electron chi connectivity index (χ0n) is 27.6. The van der Waals surface area contributed by atoms with Gasteiger partial charge in [0.1, 0.15) is 0 Å². The van der Waals surface area contributed by atoms with Crippen LogP contribution in [0.4, 0.5) is 17.1 Å². The van der Waals surface area contributed by atoms with Gasteiger partial charge in [-0.3, -0.25) is 0 Å². The highest BCUT2D eigenvalue weighted by atomic mass is 32.1. The standard InChI is InChI=1S/C48H30N2S/c1-2-12-33(13-3-1)49(34-24-21-32-23-26-37-36-14-5-4-11-31(36)22-27-38(37)43(32)29-34)45-19-10-17-42-39-15-6-8-18-44(39)50(48(42)45)35-25-28-41-40-16-7-9-20-46(40)51-47(41)30-35/h1-30H. The van der Waals surface area contributed by atoms with E-state index in [1.54, 1.807) is 0 Å². The summed E-state index contributed by atoms with van der Waals surface area (Å²) in [5.41, 5.74) is 6.93.